The molecular weight excluding hydrogens is 270 g/mol. The van der Waals surface area contributed by atoms with Gasteiger partial charge in [0.05, 0.1) is 16.6 Å². The Balaban J connectivity index is 2.13. The number of aromatic nitrogens is 2. The predicted molar refractivity (Wildman–Crippen MR) is 90.1 cm³/mol. The Morgan fingerprint density at radius 2 is 1.91 bits per heavy atom. The van der Waals surface area contributed by atoms with Gasteiger partial charge in [0.15, 0.2) is 5.82 Å². The van der Waals surface area contributed by atoms with E-state index >= 15 is 0 Å². The van der Waals surface area contributed by atoms with E-state index in [-0.39, 0.29) is 0 Å². The lowest BCUT2D eigenvalue weighted by Gasteiger charge is -2.03. The van der Waals surface area contributed by atoms with E-state index in [2.05, 4.69) is 37.0 Å². The zero-order valence-electron chi connectivity index (χ0n) is 13.0. The van der Waals surface area contributed by atoms with E-state index in [1.54, 1.807) is 0 Å². The molecule has 1 heterocycles. The van der Waals surface area contributed by atoms with Crippen LogP contribution in [0, 0.1) is 25.2 Å². The third-order valence-electron chi connectivity index (χ3n) is 3.99. The lowest BCUT2D eigenvalue weighted by molar-refractivity contribution is 0.925. The molecule has 3 heteroatoms. The molecule has 0 bridgehead atoms. The molecule has 0 aliphatic heterocycles. The van der Waals surface area contributed by atoms with E-state index in [1.807, 2.05) is 48.0 Å². The molecule has 0 amide bonds. The molecule has 0 aliphatic carbocycles. The Labute approximate surface area is 130 Å². The van der Waals surface area contributed by atoms with Crippen molar-refractivity contribution >= 4 is 22.7 Å². The highest BCUT2D eigenvalue weighted by atomic mass is 15.1. The molecule has 3 rings (SSSR count). The average Bonchev–Trinajstić information content (AvgIpc) is 2.86. The van der Waals surface area contributed by atoms with E-state index < -0.39 is 0 Å². The van der Waals surface area contributed by atoms with Crippen molar-refractivity contribution in [3.8, 4) is 6.07 Å². The highest BCUT2D eigenvalue weighted by Crippen LogP contribution is 2.22. The molecule has 1 aromatic heterocycles. The number of hydrogen-bond donors (Lipinski definition) is 0. The fourth-order valence-corrected chi connectivity index (χ4v) is 2.55. The Morgan fingerprint density at radius 3 is 2.59 bits per heavy atom. The molecule has 0 radical (unpaired) electrons. The first-order chi connectivity index (χ1) is 10.6. The van der Waals surface area contributed by atoms with E-state index in [0.29, 0.717) is 11.4 Å². The number of para-hydroxylation sites is 2. The second-order valence-electron chi connectivity index (χ2n) is 5.50. The fraction of sp³-hybridized carbons (Fsp3) is 0.158. The van der Waals surface area contributed by atoms with Crippen molar-refractivity contribution < 1.29 is 0 Å². The standard InChI is InChI=1S/C19H17N3/c1-13-8-9-15(10-14(13)2)11-16(12-20)19-21-17-6-4-5-7-18(17)22(19)3/h4-11H,1-3H3. The molecule has 3 nitrogen and oxygen atoms in total. The van der Waals surface area contributed by atoms with Crippen molar-refractivity contribution in [2.75, 3.05) is 0 Å². The van der Waals surface area contributed by atoms with Crippen molar-refractivity contribution in [1.29, 1.82) is 5.26 Å². The van der Waals surface area contributed by atoms with Gasteiger partial charge in [0, 0.05) is 7.05 Å². The molecule has 2 aromatic carbocycles. The normalized spacial score (nSPS) is 11.6. The predicted octanol–water partition coefficient (Wildman–Crippen LogP) is 4.25. The first-order valence-electron chi connectivity index (χ1n) is 7.21. The van der Waals surface area contributed by atoms with Gasteiger partial charge in [-0.2, -0.15) is 5.26 Å². The molecule has 108 valence electrons. The van der Waals surface area contributed by atoms with Gasteiger partial charge >= 0.3 is 0 Å². The summed E-state index contributed by atoms with van der Waals surface area (Å²) >= 11 is 0. The van der Waals surface area contributed by atoms with Crippen LogP contribution in [0.25, 0.3) is 22.7 Å². The summed E-state index contributed by atoms with van der Waals surface area (Å²) in [5, 5.41) is 9.54. The Kier molecular flexibility index (Phi) is 3.52. The molecule has 0 saturated heterocycles. The zero-order valence-corrected chi connectivity index (χ0v) is 13.0. The van der Waals surface area contributed by atoms with Gasteiger partial charge < -0.3 is 4.57 Å². The summed E-state index contributed by atoms with van der Waals surface area (Å²) in [6.07, 6.45) is 1.90. The van der Waals surface area contributed by atoms with Crippen LogP contribution in [0.15, 0.2) is 42.5 Å². The highest BCUT2D eigenvalue weighted by Gasteiger charge is 2.11. The third kappa shape index (κ3) is 2.40. The van der Waals surface area contributed by atoms with Crippen LogP contribution in [-0.4, -0.2) is 9.55 Å². The quantitative estimate of drug-likeness (QED) is 0.661. The van der Waals surface area contributed by atoms with Gasteiger partial charge in [-0.3, -0.25) is 0 Å². The number of nitriles is 1. The van der Waals surface area contributed by atoms with E-state index in [1.165, 1.54) is 11.1 Å². The van der Waals surface area contributed by atoms with Crippen molar-refractivity contribution in [1.82, 2.24) is 9.55 Å². The molecule has 0 aliphatic rings. The van der Waals surface area contributed by atoms with Gasteiger partial charge in [-0.15, -0.1) is 0 Å². The van der Waals surface area contributed by atoms with Crippen molar-refractivity contribution in [3.63, 3.8) is 0 Å². The minimum atomic E-state index is 0.571. The maximum absolute atomic E-state index is 9.54. The van der Waals surface area contributed by atoms with E-state index in [4.69, 9.17) is 0 Å². The van der Waals surface area contributed by atoms with Gasteiger partial charge in [0.1, 0.15) is 6.07 Å². The van der Waals surface area contributed by atoms with E-state index in [9.17, 15) is 5.26 Å². The molecule has 0 atom stereocenters. The van der Waals surface area contributed by atoms with Gasteiger partial charge in [-0.1, -0.05) is 30.3 Å². The molecule has 0 spiro atoms. The first kappa shape index (κ1) is 14.1. The Hall–Kier alpha value is -2.86. The second kappa shape index (κ2) is 5.50. The summed E-state index contributed by atoms with van der Waals surface area (Å²) in [6, 6.07) is 16.4. The van der Waals surface area contributed by atoms with Crippen LogP contribution in [0.5, 0.6) is 0 Å². The number of benzene rings is 2. The summed E-state index contributed by atoms with van der Waals surface area (Å²) < 4.78 is 1.96. The lowest BCUT2D eigenvalue weighted by atomic mass is 10.0. The number of nitrogens with zero attached hydrogens (tertiary/aromatic N) is 3. The van der Waals surface area contributed by atoms with Gasteiger partial charge in [0.2, 0.25) is 0 Å². The van der Waals surface area contributed by atoms with Gasteiger partial charge in [0.25, 0.3) is 0 Å². The molecule has 0 N–H and O–H groups in total. The first-order valence-corrected chi connectivity index (χ1v) is 7.21. The van der Waals surface area contributed by atoms with Crippen LogP contribution < -0.4 is 0 Å². The number of fused-ring (bicyclic) bond motifs is 1. The van der Waals surface area contributed by atoms with E-state index in [0.717, 1.165) is 16.6 Å². The fourth-order valence-electron chi connectivity index (χ4n) is 2.55. The summed E-state index contributed by atoms with van der Waals surface area (Å²) in [7, 11) is 1.94. The monoisotopic (exact) mass is 287 g/mol. The van der Waals surface area contributed by atoms with Crippen LogP contribution in [0.1, 0.15) is 22.5 Å². The van der Waals surface area contributed by atoms with Crippen molar-refractivity contribution in [2.45, 2.75) is 13.8 Å². The average molecular weight is 287 g/mol. The van der Waals surface area contributed by atoms with Crippen LogP contribution in [0.2, 0.25) is 0 Å². The summed E-state index contributed by atoms with van der Waals surface area (Å²) in [5.74, 6) is 0.696. The Morgan fingerprint density at radius 1 is 1.14 bits per heavy atom. The molecule has 3 aromatic rings. The summed E-state index contributed by atoms with van der Waals surface area (Å²) in [4.78, 5) is 4.59. The SMILES string of the molecule is Cc1ccc(C=C(C#N)c2nc3ccccc3n2C)cc1C. The lowest BCUT2D eigenvalue weighted by Crippen LogP contribution is -1.96. The molecule has 22 heavy (non-hydrogen) atoms. The van der Waals surface area contributed by atoms with Crippen molar-refractivity contribution in [2.24, 2.45) is 7.05 Å². The molecule has 0 saturated carbocycles. The van der Waals surface area contributed by atoms with Gasteiger partial charge in [-0.05, 0) is 48.7 Å². The maximum Gasteiger partial charge on any atom is 0.151 e. The topological polar surface area (TPSA) is 41.6 Å². The van der Waals surface area contributed by atoms with Gasteiger partial charge in [-0.25, -0.2) is 4.98 Å². The summed E-state index contributed by atoms with van der Waals surface area (Å²) in [5.41, 5.74) is 5.99. The number of imidazole rings is 1. The third-order valence-corrected chi connectivity index (χ3v) is 3.99. The van der Waals surface area contributed by atoms with Crippen LogP contribution >= 0.6 is 0 Å². The van der Waals surface area contributed by atoms with Crippen molar-refractivity contribution in [3.05, 3.63) is 65.0 Å². The molecular formula is C19H17N3. The second-order valence-corrected chi connectivity index (χ2v) is 5.50. The number of allylic oxidation sites excluding steroid dienone is 1. The van der Waals surface area contributed by atoms with Crippen LogP contribution in [0.3, 0.4) is 0 Å². The minimum Gasteiger partial charge on any atom is -0.327 e. The maximum atomic E-state index is 9.54. The smallest absolute Gasteiger partial charge is 0.151 e. The van der Waals surface area contributed by atoms with Crippen LogP contribution in [-0.2, 0) is 7.05 Å². The molecule has 0 fully saturated rings. The van der Waals surface area contributed by atoms with Crippen LogP contribution in [0.4, 0.5) is 0 Å². The zero-order chi connectivity index (χ0) is 15.7. The summed E-state index contributed by atoms with van der Waals surface area (Å²) in [6.45, 7) is 4.16. The Bertz CT molecular complexity index is 923. The minimum absolute atomic E-state index is 0.571. The largest absolute Gasteiger partial charge is 0.327 e. The molecule has 0 unspecified atom stereocenters. The number of hydrogen-bond acceptors (Lipinski definition) is 2. The number of rotatable bonds is 2. The number of aryl methyl sites for hydroxylation is 3. The highest BCUT2D eigenvalue weighted by molar-refractivity contribution is 5.90.